The number of carboxylic acid groups (broad SMARTS) is 1. The first-order valence-corrected chi connectivity index (χ1v) is 13.4. The van der Waals surface area contributed by atoms with E-state index in [0.29, 0.717) is 32.3 Å². The van der Waals surface area contributed by atoms with Crippen molar-refractivity contribution in [3.05, 3.63) is 30.6 Å². The summed E-state index contributed by atoms with van der Waals surface area (Å²) in [5.41, 5.74) is 13.5. The van der Waals surface area contributed by atoms with Crippen molar-refractivity contribution >= 4 is 35.7 Å². The summed E-state index contributed by atoms with van der Waals surface area (Å²) >= 11 is 0. The summed E-state index contributed by atoms with van der Waals surface area (Å²) in [6.45, 7) is 13.6. The number of likely N-dealkylation sites (tertiary alicyclic amines) is 1. The summed E-state index contributed by atoms with van der Waals surface area (Å²) in [5.74, 6) is 0.832. The third-order valence-corrected chi connectivity index (χ3v) is 7.17. The summed E-state index contributed by atoms with van der Waals surface area (Å²) in [6, 6.07) is 0. The number of amides is 1. The lowest BCUT2D eigenvalue weighted by Crippen LogP contribution is -2.53. The van der Waals surface area contributed by atoms with Gasteiger partial charge in [-0.2, -0.15) is 14.6 Å². The molecule has 2 aromatic heterocycles. The number of morpholine rings is 1. The molecule has 43 heavy (non-hydrogen) atoms. The van der Waals surface area contributed by atoms with Crippen molar-refractivity contribution in [3.63, 3.8) is 0 Å². The number of fused-ring (bicyclic) bond motifs is 1. The molecule has 5 N–H and O–H groups in total. The second-order valence-electron chi connectivity index (χ2n) is 10.8. The minimum absolute atomic E-state index is 0. The van der Waals surface area contributed by atoms with Crippen LogP contribution in [0.3, 0.4) is 0 Å². The SMILES string of the molecule is C.C=CC(=O)O.CC(C)(N)C(=O)N1CC[C@](C)(N2CCc3c(-c4cnc(N)nc4)nc(N4CCOCC4)nc32)C1.O=C=O. The molecule has 1 amide bonds. The maximum atomic E-state index is 12.9. The zero-order valence-electron chi connectivity index (χ0n) is 24.1. The smallest absolute Gasteiger partial charge is 0.373 e. The Bertz CT molecular complexity index is 1320. The van der Waals surface area contributed by atoms with Gasteiger partial charge in [-0.25, -0.2) is 19.7 Å². The number of ether oxygens (including phenoxy) is 1. The molecule has 0 saturated carbocycles. The van der Waals surface area contributed by atoms with Gasteiger partial charge in [-0.05, 0) is 33.6 Å². The minimum atomic E-state index is -0.981. The summed E-state index contributed by atoms with van der Waals surface area (Å²) < 4.78 is 5.53. The molecule has 5 heterocycles. The average molecular weight is 600 g/mol. The standard InChI is InChI=1S/C23H33N9O2.C3H4O2.CO2.CH4/c1-22(2,25)19(33)31-7-5-23(3,14-31)32-6-4-16-17(15-12-26-20(24)27-13-15)28-21(29-18(16)32)30-8-10-34-11-9-30;1-2-3(4)5;2-1-3;/h12-13H,4-11,14,25H2,1-3H3,(H2,24,26,27);2H,1H2,(H,4,5);;1H4/t23-;;;/m0.../s1. The number of nitrogens with two attached hydrogens (primary N) is 2. The molecule has 2 aromatic rings. The van der Waals surface area contributed by atoms with E-state index in [9.17, 15) is 9.59 Å². The molecule has 15 heteroatoms. The van der Waals surface area contributed by atoms with Crippen LogP contribution in [0, 0.1) is 0 Å². The topological polar surface area (TPSA) is 211 Å². The summed E-state index contributed by atoms with van der Waals surface area (Å²) in [5, 5.41) is 7.60. The lowest BCUT2D eigenvalue weighted by molar-refractivity contribution is -0.191. The van der Waals surface area contributed by atoms with Crippen LogP contribution in [0.1, 0.15) is 40.2 Å². The largest absolute Gasteiger partial charge is 0.478 e. The minimum Gasteiger partial charge on any atom is -0.478 e. The van der Waals surface area contributed by atoms with Crippen LogP contribution in [0.2, 0.25) is 0 Å². The monoisotopic (exact) mass is 599 g/mol. The lowest BCUT2D eigenvalue weighted by atomic mass is 9.99. The van der Waals surface area contributed by atoms with Gasteiger partial charge in [0, 0.05) is 62.3 Å². The van der Waals surface area contributed by atoms with E-state index in [1.807, 2.05) is 4.90 Å². The molecule has 1 atom stereocenters. The number of rotatable bonds is 5. The van der Waals surface area contributed by atoms with Gasteiger partial charge < -0.3 is 36.0 Å². The molecule has 0 aliphatic carbocycles. The van der Waals surface area contributed by atoms with Crippen LogP contribution in [0.25, 0.3) is 11.3 Å². The first-order valence-electron chi connectivity index (χ1n) is 13.4. The maximum absolute atomic E-state index is 12.9. The number of hydrogen-bond acceptors (Lipinski definition) is 13. The normalized spacial score (nSPS) is 19.0. The van der Waals surface area contributed by atoms with Crippen LogP contribution in [-0.4, -0.2) is 105 Å². The number of aliphatic carboxylic acids is 1. The third-order valence-electron chi connectivity index (χ3n) is 7.17. The number of carbonyl (C=O) groups excluding carboxylic acids is 3. The van der Waals surface area contributed by atoms with Crippen molar-refractivity contribution in [1.29, 1.82) is 0 Å². The Balaban J connectivity index is 0.000000642. The second kappa shape index (κ2) is 14.6. The van der Waals surface area contributed by atoms with E-state index in [2.05, 4.69) is 33.3 Å². The Kier molecular flexibility index (Phi) is 11.8. The van der Waals surface area contributed by atoms with Gasteiger partial charge in [-0.3, -0.25) is 4.79 Å². The van der Waals surface area contributed by atoms with Gasteiger partial charge in [-0.1, -0.05) is 14.0 Å². The van der Waals surface area contributed by atoms with Crippen LogP contribution in [0.4, 0.5) is 17.7 Å². The highest BCUT2D eigenvalue weighted by molar-refractivity contribution is 5.85. The molecule has 0 unspecified atom stereocenters. The third kappa shape index (κ3) is 8.31. The molecule has 2 saturated heterocycles. The fourth-order valence-electron chi connectivity index (χ4n) is 5.12. The lowest BCUT2D eigenvalue weighted by Gasteiger charge is -2.38. The quantitative estimate of drug-likeness (QED) is 0.405. The highest BCUT2D eigenvalue weighted by Crippen LogP contribution is 2.41. The Morgan fingerprint density at radius 3 is 2.26 bits per heavy atom. The predicted octanol–water partition coefficient (Wildman–Crippen LogP) is 0.753. The van der Waals surface area contributed by atoms with Crippen molar-refractivity contribution in [3.8, 4) is 11.3 Å². The Morgan fingerprint density at radius 2 is 1.72 bits per heavy atom. The van der Waals surface area contributed by atoms with Gasteiger partial charge in [0.15, 0.2) is 0 Å². The van der Waals surface area contributed by atoms with Crippen molar-refractivity contribution in [2.24, 2.45) is 5.73 Å². The van der Waals surface area contributed by atoms with E-state index in [-0.39, 0.29) is 31.0 Å². The number of nitrogen functional groups attached to an aromatic ring is 1. The fraction of sp³-hybridized carbons (Fsp3) is 0.536. The second-order valence-corrected chi connectivity index (χ2v) is 10.8. The first-order chi connectivity index (χ1) is 19.8. The molecule has 2 fully saturated rings. The summed E-state index contributed by atoms with van der Waals surface area (Å²) in [4.78, 5) is 63.2. The summed E-state index contributed by atoms with van der Waals surface area (Å²) in [7, 11) is 0. The van der Waals surface area contributed by atoms with Crippen molar-refractivity contribution in [1.82, 2.24) is 24.8 Å². The molecular formula is C28H41N9O6. The molecule has 234 valence electrons. The van der Waals surface area contributed by atoms with Gasteiger partial charge >= 0.3 is 12.1 Å². The number of hydrogen-bond donors (Lipinski definition) is 3. The fourth-order valence-corrected chi connectivity index (χ4v) is 5.12. The van der Waals surface area contributed by atoms with E-state index in [1.165, 1.54) is 0 Å². The highest BCUT2D eigenvalue weighted by atomic mass is 16.5. The van der Waals surface area contributed by atoms with Gasteiger partial charge in [0.05, 0.1) is 30.0 Å². The van der Waals surface area contributed by atoms with Gasteiger partial charge in [-0.15, -0.1) is 0 Å². The summed E-state index contributed by atoms with van der Waals surface area (Å²) in [6.07, 6.45) is 6.19. The zero-order chi connectivity index (χ0) is 31.1. The number of anilines is 3. The van der Waals surface area contributed by atoms with Crippen molar-refractivity contribution in [2.75, 3.05) is 61.5 Å². The predicted molar refractivity (Wildman–Crippen MR) is 159 cm³/mol. The van der Waals surface area contributed by atoms with E-state index < -0.39 is 11.5 Å². The van der Waals surface area contributed by atoms with Crippen LogP contribution in [-0.2, 0) is 30.3 Å². The van der Waals surface area contributed by atoms with Crippen LogP contribution in [0.15, 0.2) is 25.0 Å². The molecule has 0 aromatic carbocycles. The Labute approximate surface area is 250 Å². The number of aromatic nitrogens is 4. The van der Waals surface area contributed by atoms with E-state index in [4.69, 9.17) is 40.9 Å². The van der Waals surface area contributed by atoms with Crippen molar-refractivity contribution in [2.45, 2.75) is 52.1 Å². The van der Waals surface area contributed by atoms with Crippen molar-refractivity contribution < 1.29 is 29.0 Å². The Morgan fingerprint density at radius 1 is 1.14 bits per heavy atom. The van der Waals surface area contributed by atoms with Crippen LogP contribution in [0.5, 0.6) is 0 Å². The van der Waals surface area contributed by atoms with Gasteiger partial charge in [0.25, 0.3) is 0 Å². The molecule has 0 spiro atoms. The maximum Gasteiger partial charge on any atom is 0.373 e. The number of carbonyl (C=O) groups is 2. The van der Waals surface area contributed by atoms with Gasteiger partial charge in [0.2, 0.25) is 17.8 Å². The number of nitrogens with zero attached hydrogens (tertiary/aromatic N) is 7. The molecule has 0 bridgehead atoms. The van der Waals surface area contributed by atoms with E-state index >= 15 is 0 Å². The molecule has 3 aliphatic rings. The first kappa shape index (κ1) is 34.7. The van der Waals surface area contributed by atoms with E-state index in [1.54, 1.807) is 26.2 Å². The molecule has 3 aliphatic heterocycles. The molecular weight excluding hydrogens is 558 g/mol. The molecule has 15 nitrogen and oxygen atoms in total. The van der Waals surface area contributed by atoms with Gasteiger partial charge in [0.1, 0.15) is 5.82 Å². The van der Waals surface area contributed by atoms with Crippen LogP contribution < -0.4 is 21.3 Å². The molecule has 5 rings (SSSR count). The average Bonchev–Trinajstić information content (AvgIpc) is 3.58. The van der Waals surface area contributed by atoms with E-state index in [0.717, 1.165) is 61.2 Å². The highest BCUT2D eigenvalue weighted by Gasteiger charge is 2.46. The Hall–Kier alpha value is -4.46. The van der Waals surface area contributed by atoms with Crippen LogP contribution >= 0.6 is 0 Å². The molecule has 0 radical (unpaired) electrons. The number of carboxylic acids is 1. The zero-order valence-corrected chi connectivity index (χ0v) is 24.1.